The molecule has 3 heteroatoms. The second-order valence-corrected chi connectivity index (χ2v) is 6.41. The summed E-state index contributed by atoms with van der Waals surface area (Å²) in [6, 6.07) is 15.4. The number of ether oxygens (including phenoxy) is 2. The van der Waals surface area contributed by atoms with E-state index in [0.717, 1.165) is 22.3 Å². The van der Waals surface area contributed by atoms with Crippen molar-refractivity contribution >= 4 is 11.7 Å². The molecule has 0 heterocycles. The minimum atomic E-state index is -0.719. The first-order valence-corrected chi connectivity index (χ1v) is 7.52. The lowest BCUT2D eigenvalue weighted by atomic mass is 9.97. The second kappa shape index (κ2) is 6.69. The molecule has 0 radical (unpaired) electrons. The first-order valence-electron chi connectivity index (χ1n) is 7.52. The Morgan fingerprint density at radius 2 is 1.70 bits per heavy atom. The molecule has 0 aliphatic carbocycles. The molecule has 0 saturated carbocycles. The number of hydrogen-bond acceptors (Lipinski definition) is 3. The van der Waals surface area contributed by atoms with Crippen LogP contribution < -0.4 is 4.74 Å². The first-order chi connectivity index (χ1) is 10.8. The predicted molar refractivity (Wildman–Crippen MR) is 92.6 cm³/mol. The van der Waals surface area contributed by atoms with Gasteiger partial charge in [0.05, 0.1) is 0 Å². The Hall–Kier alpha value is -2.55. The molecule has 0 aliphatic rings. The van der Waals surface area contributed by atoms with Gasteiger partial charge in [0.2, 0.25) is 0 Å². The fourth-order valence-corrected chi connectivity index (χ4v) is 2.12. The summed E-state index contributed by atoms with van der Waals surface area (Å²) < 4.78 is 10.6. The van der Waals surface area contributed by atoms with Crippen LogP contribution in [0.15, 0.2) is 55.1 Å². The van der Waals surface area contributed by atoms with E-state index in [1.807, 2.05) is 49.4 Å². The maximum absolute atomic E-state index is 12.0. The zero-order valence-corrected chi connectivity index (χ0v) is 14.1. The van der Waals surface area contributed by atoms with Crippen LogP contribution in [0.25, 0.3) is 5.57 Å². The smallest absolute Gasteiger partial charge is 0.428 e. The minimum Gasteiger partial charge on any atom is -0.428 e. The van der Waals surface area contributed by atoms with Crippen LogP contribution in [-0.2, 0) is 4.74 Å². The zero-order valence-electron chi connectivity index (χ0n) is 14.1. The van der Waals surface area contributed by atoms with Crippen LogP contribution >= 0.6 is 0 Å². The highest BCUT2D eigenvalue weighted by molar-refractivity contribution is 5.82. The van der Waals surface area contributed by atoms with E-state index in [1.54, 1.807) is 26.8 Å². The topological polar surface area (TPSA) is 35.5 Å². The molecule has 0 N–H and O–H groups in total. The summed E-state index contributed by atoms with van der Waals surface area (Å²) >= 11 is 0. The molecule has 0 bridgehead atoms. The van der Waals surface area contributed by atoms with Crippen LogP contribution in [0.3, 0.4) is 0 Å². The minimum absolute atomic E-state index is 0.443. The fourth-order valence-electron chi connectivity index (χ4n) is 2.12. The second-order valence-electron chi connectivity index (χ2n) is 6.41. The Morgan fingerprint density at radius 1 is 1.04 bits per heavy atom. The Morgan fingerprint density at radius 3 is 2.30 bits per heavy atom. The van der Waals surface area contributed by atoms with Gasteiger partial charge in [0, 0.05) is 5.56 Å². The van der Waals surface area contributed by atoms with Crippen molar-refractivity contribution in [2.75, 3.05) is 0 Å². The van der Waals surface area contributed by atoms with Crippen LogP contribution in [0.2, 0.25) is 0 Å². The highest BCUT2D eigenvalue weighted by Gasteiger charge is 2.20. The molecular weight excluding hydrogens is 288 g/mol. The molecule has 0 atom stereocenters. The molecule has 0 aromatic heterocycles. The third kappa shape index (κ3) is 4.71. The third-order valence-corrected chi connectivity index (χ3v) is 3.17. The Bertz CT molecular complexity index is 709. The molecular formula is C20H22O3. The molecule has 2 rings (SSSR count). The molecule has 120 valence electrons. The number of aryl methyl sites for hydroxylation is 1. The van der Waals surface area contributed by atoms with E-state index in [9.17, 15) is 4.79 Å². The standard InChI is InChI=1S/C20H22O3/c1-14-11-12-18(22-19(21)23-20(3,4)5)17(13-14)15(2)16-9-7-6-8-10-16/h6-13H,2H2,1,3-5H3. The van der Waals surface area contributed by atoms with Crippen LogP contribution in [0, 0.1) is 6.92 Å². The molecule has 0 saturated heterocycles. The molecule has 0 aliphatic heterocycles. The van der Waals surface area contributed by atoms with Crippen LogP contribution in [0.5, 0.6) is 5.75 Å². The van der Waals surface area contributed by atoms with Crippen molar-refractivity contribution in [1.82, 2.24) is 0 Å². The summed E-state index contributed by atoms with van der Waals surface area (Å²) in [6.07, 6.45) is -0.719. The maximum atomic E-state index is 12.0. The average Bonchev–Trinajstić information content (AvgIpc) is 2.47. The predicted octanol–water partition coefficient (Wildman–Crippen LogP) is 5.37. The van der Waals surface area contributed by atoms with Crippen molar-refractivity contribution in [1.29, 1.82) is 0 Å². The van der Waals surface area contributed by atoms with E-state index in [1.165, 1.54) is 0 Å². The van der Waals surface area contributed by atoms with Gasteiger partial charge in [0.1, 0.15) is 11.4 Å². The number of hydrogen-bond donors (Lipinski definition) is 0. The largest absolute Gasteiger partial charge is 0.514 e. The van der Waals surface area contributed by atoms with Crippen LogP contribution in [-0.4, -0.2) is 11.8 Å². The molecule has 0 spiro atoms. The van der Waals surface area contributed by atoms with Crippen molar-refractivity contribution in [2.45, 2.75) is 33.3 Å². The van der Waals surface area contributed by atoms with Gasteiger partial charge >= 0.3 is 6.16 Å². The summed E-state index contributed by atoms with van der Waals surface area (Å²) in [5, 5.41) is 0. The maximum Gasteiger partial charge on any atom is 0.514 e. The van der Waals surface area contributed by atoms with E-state index in [-0.39, 0.29) is 0 Å². The Balaban J connectivity index is 2.31. The van der Waals surface area contributed by atoms with Gasteiger partial charge in [0.25, 0.3) is 0 Å². The van der Waals surface area contributed by atoms with Gasteiger partial charge < -0.3 is 9.47 Å². The Kier molecular flexibility index (Phi) is 4.89. The first kappa shape index (κ1) is 16.8. The highest BCUT2D eigenvalue weighted by atomic mass is 16.7. The van der Waals surface area contributed by atoms with Gasteiger partial charge in [-0.15, -0.1) is 0 Å². The Labute approximate surface area is 137 Å². The van der Waals surface area contributed by atoms with Gasteiger partial charge in [-0.05, 0) is 51.0 Å². The summed E-state index contributed by atoms with van der Waals surface area (Å²) in [7, 11) is 0. The lowest BCUT2D eigenvalue weighted by molar-refractivity contribution is 0.0205. The van der Waals surface area contributed by atoms with Gasteiger partial charge in [-0.2, -0.15) is 0 Å². The van der Waals surface area contributed by atoms with Crippen molar-refractivity contribution in [2.24, 2.45) is 0 Å². The van der Waals surface area contributed by atoms with Gasteiger partial charge in [-0.25, -0.2) is 4.79 Å². The summed E-state index contributed by atoms with van der Waals surface area (Å²) in [6.45, 7) is 11.5. The zero-order chi connectivity index (χ0) is 17.0. The van der Waals surface area contributed by atoms with Crippen molar-refractivity contribution in [3.05, 3.63) is 71.8 Å². The molecule has 23 heavy (non-hydrogen) atoms. The van der Waals surface area contributed by atoms with Gasteiger partial charge in [-0.1, -0.05) is 48.5 Å². The van der Waals surface area contributed by atoms with E-state index < -0.39 is 11.8 Å². The van der Waals surface area contributed by atoms with E-state index >= 15 is 0 Å². The molecule has 2 aromatic carbocycles. The van der Waals surface area contributed by atoms with Crippen LogP contribution in [0.1, 0.15) is 37.5 Å². The van der Waals surface area contributed by atoms with Crippen LogP contribution in [0.4, 0.5) is 4.79 Å². The summed E-state index contributed by atoms with van der Waals surface area (Å²) in [5.74, 6) is 0.443. The van der Waals surface area contributed by atoms with Crippen molar-refractivity contribution in [3.63, 3.8) is 0 Å². The molecule has 3 nitrogen and oxygen atoms in total. The number of rotatable bonds is 3. The monoisotopic (exact) mass is 310 g/mol. The normalized spacial score (nSPS) is 11.0. The van der Waals surface area contributed by atoms with Gasteiger partial charge in [-0.3, -0.25) is 0 Å². The van der Waals surface area contributed by atoms with Gasteiger partial charge in [0.15, 0.2) is 0 Å². The third-order valence-electron chi connectivity index (χ3n) is 3.17. The molecule has 0 unspecified atom stereocenters. The number of carbonyl (C=O) groups is 1. The van der Waals surface area contributed by atoms with E-state index in [2.05, 4.69) is 6.58 Å². The lowest BCUT2D eigenvalue weighted by Crippen LogP contribution is -2.26. The van der Waals surface area contributed by atoms with E-state index in [4.69, 9.17) is 9.47 Å². The van der Waals surface area contributed by atoms with Crippen molar-refractivity contribution < 1.29 is 14.3 Å². The quantitative estimate of drug-likeness (QED) is 0.564. The summed E-state index contributed by atoms with van der Waals surface area (Å²) in [5.41, 5.74) is 3.02. The SMILES string of the molecule is C=C(c1ccccc1)c1cc(C)ccc1OC(=O)OC(C)(C)C. The molecule has 2 aromatic rings. The average molecular weight is 310 g/mol. The molecule has 0 fully saturated rings. The molecule has 0 amide bonds. The fraction of sp³-hybridized carbons (Fsp3) is 0.250. The van der Waals surface area contributed by atoms with Crippen molar-refractivity contribution in [3.8, 4) is 5.75 Å². The number of carbonyl (C=O) groups excluding carboxylic acids is 1. The lowest BCUT2D eigenvalue weighted by Gasteiger charge is -2.20. The highest BCUT2D eigenvalue weighted by Crippen LogP contribution is 2.31. The number of benzene rings is 2. The summed E-state index contributed by atoms with van der Waals surface area (Å²) in [4.78, 5) is 12.0. The van der Waals surface area contributed by atoms with E-state index in [0.29, 0.717) is 5.75 Å².